The standard InChI is InChI=1S/C23H25NO5/c1-5-27-20-9-7-6-8-19(20)24-23(26)16(4)29-22(25)12-17-13-28-21-11-15(3)14(2)10-18(17)21/h6-11,13,16H,5,12H2,1-4H3,(H,24,26)/t16-/m0/s1. The van der Waals surface area contributed by atoms with Crippen molar-refractivity contribution in [2.24, 2.45) is 0 Å². The van der Waals surface area contributed by atoms with Crippen LogP contribution in [0.4, 0.5) is 5.69 Å². The summed E-state index contributed by atoms with van der Waals surface area (Å²) in [5.41, 5.74) is 4.25. The number of fused-ring (bicyclic) bond motifs is 1. The maximum absolute atomic E-state index is 12.4. The van der Waals surface area contributed by atoms with Crippen LogP contribution < -0.4 is 10.1 Å². The van der Waals surface area contributed by atoms with Crippen molar-refractivity contribution in [1.29, 1.82) is 0 Å². The minimum atomic E-state index is -0.945. The van der Waals surface area contributed by atoms with E-state index in [4.69, 9.17) is 13.9 Å². The molecule has 0 aliphatic carbocycles. The number of amides is 1. The lowest BCUT2D eigenvalue weighted by Gasteiger charge is -2.15. The number of carbonyl (C=O) groups excluding carboxylic acids is 2. The van der Waals surface area contributed by atoms with E-state index in [-0.39, 0.29) is 6.42 Å². The number of hydrogen-bond donors (Lipinski definition) is 1. The van der Waals surface area contributed by atoms with Gasteiger partial charge in [-0.25, -0.2) is 0 Å². The van der Waals surface area contributed by atoms with Gasteiger partial charge in [0.15, 0.2) is 6.10 Å². The zero-order valence-electron chi connectivity index (χ0n) is 17.1. The second-order valence-corrected chi connectivity index (χ2v) is 6.92. The zero-order chi connectivity index (χ0) is 21.0. The molecule has 0 aliphatic rings. The molecule has 1 atom stereocenters. The fourth-order valence-electron chi connectivity index (χ4n) is 3.01. The molecule has 2 aromatic carbocycles. The fourth-order valence-corrected chi connectivity index (χ4v) is 3.01. The molecule has 1 N–H and O–H groups in total. The summed E-state index contributed by atoms with van der Waals surface area (Å²) < 4.78 is 16.4. The molecule has 1 heterocycles. The monoisotopic (exact) mass is 395 g/mol. The van der Waals surface area contributed by atoms with Crippen LogP contribution in [0.2, 0.25) is 0 Å². The van der Waals surface area contributed by atoms with Gasteiger partial charge >= 0.3 is 5.97 Å². The van der Waals surface area contributed by atoms with Crippen molar-refractivity contribution < 1.29 is 23.5 Å². The molecule has 0 bridgehead atoms. The molecule has 29 heavy (non-hydrogen) atoms. The predicted octanol–water partition coefficient (Wildman–Crippen LogP) is 4.56. The number of para-hydroxylation sites is 2. The summed E-state index contributed by atoms with van der Waals surface area (Å²) >= 11 is 0. The number of carbonyl (C=O) groups is 2. The van der Waals surface area contributed by atoms with Crippen molar-refractivity contribution >= 4 is 28.5 Å². The lowest BCUT2D eigenvalue weighted by Crippen LogP contribution is -2.30. The van der Waals surface area contributed by atoms with E-state index < -0.39 is 18.0 Å². The highest BCUT2D eigenvalue weighted by Crippen LogP contribution is 2.26. The highest BCUT2D eigenvalue weighted by Gasteiger charge is 2.20. The van der Waals surface area contributed by atoms with Crippen LogP contribution >= 0.6 is 0 Å². The van der Waals surface area contributed by atoms with E-state index in [1.54, 1.807) is 24.5 Å². The van der Waals surface area contributed by atoms with E-state index in [2.05, 4.69) is 5.32 Å². The SMILES string of the molecule is CCOc1ccccc1NC(=O)[C@H](C)OC(=O)Cc1coc2cc(C)c(C)cc12. The van der Waals surface area contributed by atoms with Crippen LogP contribution in [0, 0.1) is 13.8 Å². The average molecular weight is 395 g/mol. The molecule has 0 spiro atoms. The van der Waals surface area contributed by atoms with Gasteiger partial charge in [-0.15, -0.1) is 0 Å². The van der Waals surface area contributed by atoms with Gasteiger partial charge in [-0.2, -0.15) is 0 Å². The summed E-state index contributed by atoms with van der Waals surface area (Å²) in [6, 6.07) is 11.1. The molecule has 6 nitrogen and oxygen atoms in total. The van der Waals surface area contributed by atoms with Crippen molar-refractivity contribution in [1.82, 2.24) is 0 Å². The van der Waals surface area contributed by atoms with Crippen LogP contribution in [0.1, 0.15) is 30.5 Å². The Hall–Kier alpha value is -3.28. The Kier molecular flexibility index (Phi) is 6.22. The summed E-state index contributed by atoms with van der Waals surface area (Å²) in [5.74, 6) is -0.349. The van der Waals surface area contributed by atoms with Gasteiger partial charge in [-0.1, -0.05) is 12.1 Å². The van der Waals surface area contributed by atoms with Crippen LogP contribution in [-0.4, -0.2) is 24.6 Å². The van der Waals surface area contributed by atoms with E-state index >= 15 is 0 Å². The van der Waals surface area contributed by atoms with Gasteiger partial charge in [0.05, 0.1) is 25.0 Å². The third kappa shape index (κ3) is 4.77. The van der Waals surface area contributed by atoms with Gasteiger partial charge in [0.1, 0.15) is 11.3 Å². The number of rotatable bonds is 7. The quantitative estimate of drug-likeness (QED) is 0.593. The largest absolute Gasteiger partial charge is 0.492 e. The third-order valence-electron chi connectivity index (χ3n) is 4.73. The molecule has 0 fully saturated rings. The number of hydrogen-bond acceptors (Lipinski definition) is 5. The Bertz CT molecular complexity index is 1040. The molecule has 0 radical (unpaired) electrons. The van der Waals surface area contributed by atoms with Crippen LogP contribution in [0.15, 0.2) is 47.1 Å². The van der Waals surface area contributed by atoms with Gasteiger partial charge < -0.3 is 19.2 Å². The molecule has 1 amide bonds. The summed E-state index contributed by atoms with van der Waals surface area (Å²) in [6.45, 7) is 7.91. The Morgan fingerprint density at radius 3 is 2.62 bits per heavy atom. The molecule has 3 rings (SSSR count). The topological polar surface area (TPSA) is 77.8 Å². The Morgan fingerprint density at radius 2 is 1.86 bits per heavy atom. The molecular weight excluding hydrogens is 370 g/mol. The average Bonchev–Trinajstić information content (AvgIpc) is 3.05. The highest BCUT2D eigenvalue weighted by molar-refractivity contribution is 5.96. The Morgan fingerprint density at radius 1 is 1.14 bits per heavy atom. The molecule has 0 saturated carbocycles. The Balaban J connectivity index is 1.63. The van der Waals surface area contributed by atoms with Crippen LogP contribution in [0.3, 0.4) is 0 Å². The normalized spacial score (nSPS) is 11.9. The number of aryl methyl sites for hydroxylation is 2. The second kappa shape index (κ2) is 8.82. The first-order chi connectivity index (χ1) is 13.9. The number of esters is 1. The van der Waals surface area contributed by atoms with Crippen LogP contribution in [0.25, 0.3) is 11.0 Å². The number of benzene rings is 2. The summed E-state index contributed by atoms with van der Waals surface area (Å²) in [5, 5.41) is 3.63. The molecule has 0 unspecified atom stereocenters. The highest BCUT2D eigenvalue weighted by atomic mass is 16.5. The lowest BCUT2D eigenvalue weighted by molar-refractivity contribution is -0.152. The van der Waals surface area contributed by atoms with Crippen LogP contribution in [-0.2, 0) is 20.7 Å². The van der Waals surface area contributed by atoms with Gasteiger partial charge in [0.25, 0.3) is 5.91 Å². The second-order valence-electron chi connectivity index (χ2n) is 6.92. The fraction of sp³-hybridized carbons (Fsp3) is 0.304. The molecule has 1 aromatic heterocycles. The molecule has 3 aromatic rings. The van der Waals surface area contributed by atoms with E-state index in [9.17, 15) is 9.59 Å². The summed E-state index contributed by atoms with van der Waals surface area (Å²) in [4.78, 5) is 24.8. The van der Waals surface area contributed by atoms with Crippen molar-refractivity contribution in [3.05, 3.63) is 59.4 Å². The van der Waals surface area contributed by atoms with Gasteiger partial charge in [0.2, 0.25) is 0 Å². The minimum absolute atomic E-state index is 0.0304. The van der Waals surface area contributed by atoms with Crippen molar-refractivity contribution in [2.45, 2.75) is 40.2 Å². The van der Waals surface area contributed by atoms with Crippen molar-refractivity contribution in [3.63, 3.8) is 0 Å². The lowest BCUT2D eigenvalue weighted by atomic mass is 10.0. The third-order valence-corrected chi connectivity index (χ3v) is 4.73. The molecule has 152 valence electrons. The number of furan rings is 1. The van der Waals surface area contributed by atoms with Gasteiger partial charge in [-0.05, 0) is 63.1 Å². The predicted molar refractivity (Wildman–Crippen MR) is 111 cm³/mol. The smallest absolute Gasteiger partial charge is 0.311 e. The van der Waals surface area contributed by atoms with Crippen molar-refractivity contribution in [3.8, 4) is 5.75 Å². The molecular formula is C23H25NO5. The maximum atomic E-state index is 12.4. The van der Waals surface area contributed by atoms with Crippen molar-refractivity contribution in [2.75, 3.05) is 11.9 Å². The molecule has 0 aliphatic heterocycles. The number of ether oxygens (including phenoxy) is 2. The van der Waals surface area contributed by atoms with E-state index in [1.807, 2.05) is 39.0 Å². The zero-order valence-corrected chi connectivity index (χ0v) is 17.1. The van der Waals surface area contributed by atoms with E-state index in [0.29, 0.717) is 18.0 Å². The van der Waals surface area contributed by atoms with Gasteiger partial charge in [-0.3, -0.25) is 9.59 Å². The first kappa shape index (κ1) is 20.5. The number of nitrogens with one attached hydrogen (secondary N) is 1. The van der Waals surface area contributed by atoms with E-state index in [1.165, 1.54) is 6.92 Å². The van der Waals surface area contributed by atoms with E-state index in [0.717, 1.165) is 27.7 Å². The Labute approximate surface area is 169 Å². The number of anilines is 1. The summed E-state index contributed by atoms with van der Waals surface area (Å²) in [6.07, 6.45) is 0.649. The first-order valence-corrected chi connectivity index (χ1v) is 9.58. The summed E-state index contributed by atoms with van der Waals surface area (Å²) in [7, 11) is 0. The molecule has 6 heteroatoms. The molecule has 0 saturated heterocycles. The van der Waals surface area contributed by atoms with Crippen LogP contribution in [0.5, 0.6) is 5.75 Å². The first-order valence-electron chi connectivity index (χ1n) is 9.58. The minimum Gasteiger partial charge on any atom is -0.492 e. The maximum Gasteiger partial charge on any atom is 0.311 e. The van der Waals surface area contributed by atoms with Gasteiger partial charge in [0, 0.05) is 10.9 Å².